The van der Waals surface area contributed by atoms with Gasteiger partial charge in [0.05, 0.1) is 25.6 Å². The Hall–Kier alpha value is -3.18. The highest BCUT2D eigenvalue weighted by molar-refractivity contribution is 7.92. The van der Waals surface area contributed by atoms with E-state index in [0.717, 1.165) is 36.9 Å². The molecule has 0 bridgehead atoms. The van der Waals surface area contributed by atoms with Crippen LogP contribution in [0.3, 0.4) is 0 Å². The van der Waals surface area contributed by atoms with Gasteiger partial charge in [0.25, 0.3) is 5.91 Å². The van der Waals surface area contributed by atoms with Gasteiger partial charge in [0.2, 0.25) is 15.0 Å². The van der Waals surface area contributed by atoms with Gasteiger partial charge in [-0.05, 0) is 54.8 Å². The average Bonchev–Trinajstić information content (AvgIpc) is 3.23. The third kappa shape index (κ3) is 5.17. The van der Waals surface area contributed by atoms with Crippen molar-refractivity contribution in [2.75, 3.05) is 34.8 Å². The Balaban J connectivity index is 1.47. The third-order valence-electron chi connectivity index (χ3n) is 4.98. The Labute approximate surface area is 190 Å². The molecule has 168 valence electrons. The molecule has 1 aromatic heterocycles. The van der Waals surface area contributed by atoms with Crippen molar-refractivity contribution in [1.82, 2.24) is 10.2 Å². The topological polar surface area (TPSA) is 114 Å². The lowest BCUT2D eigenvalue weighted by Gasteiger charge is -2.31. The van der Waals surface area contributed by atoms with Gasteiger partial charge in [0, 0.05) is 17.9 Å². The van der Waals surface area contributed by atoms with Crippen molar-refractivity contribution in [3.05, 3.63) is 58.0 Å². The van der Waals surface area contributed by atoms with E-state index in [1.54, 1.807) is 37.4 Å². The van der Waals surface area contributed by atoms with Crippen LogP contribution in [0.4, 0.5) is 17.1 Å². The lowest BCUT2D eigenvalue weighted by atomic mass is 10.00. The molecule has 0 saturated heterocycles. The van der Waals surface area contributed by atoms with Gasteiger partial charge in [0.15, 0.2) is 0 Å². The normalized spacial score (nSPS) is 13.4. The number of hydrogen-bond donors (Lipinski definition) is 2. The molecule has 1 aliphatic heterocycles. The number of aromatic nitrogens is 2. The number of carbonyl (C=O) groups excluding carboxylic acids is 1. The lowest BCUT2D eigenvalue weighted by Crippen LogP contribution is -2.29. The molecule has 0 radical (unpaired) electrons. The maximum absolute atomic E-state index is 12.5. The van der Waals surface area contributed by atoms with Gasteiger partial charge in [-0.2, -0.15) is 0 Å². The Morgan fingerprint density at radius 3 is 2.69 bits per heavy atom. The number of nitrogens with one attached hydrogen (secondary N) is 2. The summed E-state index contributed by atoms with van der Waals surface area (Å²) in [5.41, 5.74) is 3.17. The van der Waals surface area contributed by atoms with Crippen molar-refractivity contribution in [1.29, 1.82) is 0 Å². The highest BCUT2D eigenvalue weighted by Gasteiger charge is 2.22. The zero-order valence-electron chi connectivity index (χ0n) is 17.7. The molecule has 0 saturated carbocycles. The first-order chi connectivity index (χ1) is 15.3. The fraction of sp³-hybridized carbons (Fsp3) is 0.286. The molecule has 2 heterocycles. The van der Waals surface area contributed by atoms with Crippen LogP contribution < -0.4 is 19.7 Å². The number of fused-ring (bicyclic) bond motifs is 1. The molecule has 9 nitrogen and oxygen atoms in total. The van der Waals surface area contributed by atoms with E-state index in [1.165, 1.54) is 11.3 Å². The number of sulfonamides is 1. The third-order valence-corrected chi connectivity index (χ3v) is 6.47. The van der Waals surface area contributed by atoms with Crippen LogP contribution in [0.2, 0.25) is 0 Å². The molecule has 11 heteroatoms. The average molecular weight is 474 g/mol. The number of benzene rings is 2. The van der Waals surface area contributed by atoms with Gasteiger partial charge in [-0.15, -0.1) is 10.2 Å². The van der Waals surface area contributed by atoms with Crippen molar-refractivity contribution in [3.8, 4) is 5.75 Å². The van der Waals surface area contributed by atoms with Crippen LogP contribution in [0.1, 0.15) is 26.8 Å². The van der Waals surface area contributed by atoms with E-state index in [0.29, 0.717) is 28.7 Å². The van der Waals surface area contributed by atoms with Crippen LogP contribution in [0.5, 0.6) is 5.75 Å². The predicted molar refractivity (Wildman–Crippen MR) is 125 cm³/mol. The zero-order chi connectivity index (χ0) is 22.7. The van der Waals surface area contributed by atoms with Gasteiger partial charge < -0.3 is 15.0 Å². The molecule has 0 aliphatic carbocycles. The Morgan fingerprint density at radius 1 is 1.19 bits per heavy atom. The maximum atomic E-state index is 12.5. The van der Waals surface area contributed by atoms with Crippen LogP contribution in [-0.4, -0.2) is 44.4 Å². The number of anilines is 3. The SMILES string of the molecule is COc1ccc(NC(=O)c2nnc(CN3CCCc4c(NS(C)(=O)=O)cccc43)s2)cc1. The first-order valence-electron chi connectivity index (χ1n) is 9.95. The maximum Gasteiger partial charge on any atom is 0.286 e. The Bertz CT molecular complexity index is 1230. The summed E-state index contributed by atoms with van der Waals surface area (Å²) in [6, 6.07) is 12.6. The molecule has 1 aliphatic rings. The second-order valence-corrected chi connectivity index (χ2v) is 10.2. The number of ether oxygens (including phenoxy) is 1. The first kappa shape index (κ1) is 22.0. The predicted octanol–water partition coefficient (Wildman–Crippen LogP) is 3.12. The van der Waals surface area contributed by atoms with Gasteiger partial charge in [0.1, 0.15) is 10.8 Å². The molecule has 1 amide bonds. The van der Waals surface area contributed by atoms with Crippen molar-refractivity contribution in [2.45, 2.75) is 19.4 Å². The highest BCUT2D eigenvalue weighted by atomic mass is 32.2. The number of amides is 1. The summed E-state index contributed by atoms with van der Waals surface area (Å²) in [6.45, 7) is 1.30. The molecular formula is C21H23N5O4S2. The summed E-state index contributed by atoms with van der Waals surface area (Å²) in [7, 11) is -1.78. The summed E-state index contributed by atoms with van der Waals surface area (Å²) in [6.07, 6.45) is 2.82. The lowest BCUT2D eigenvalue weighted by molar-refractivity contribution is 0.102. The molecule has 0 spiro atoms. The second-order valence-electron chi connectivity index (χ2n) is 7.39. The minimum Gasteiger partial charge on any atom is -0.497 e. The van der Waals surface area contributed by atoms with E-state index < -0.39 is 10.0 Å². The molecule has 2 aromatic carbocycles. The molecule has 2 N–H and O–H groups in total. The van der Waals surface area contributed by atoms with Crippen LogP contribution in [-0.2, 0) is 23.0 Å². The number of methoxy groups -OCH3 is 1. The second kappa shape index (κ2) is 9.13. The molecule has 0 fully saturated rings. The van der Waals surface area contributed by atoms with Gasteiger partial charge in [-0.25, -0.2) is 8.42 Å². The van der Waals surface area contributed by atoms with Crippen LogP contribution >= 0.6 is 11.3 Å². The van der Waals surface area contributed by atoms with E-state index in [4.69, 9.17) is 4.74 Å². The van der Waals surface area contributed by atoms with E-state index in [1.807, 2.05) is 12.1 Å². The summed E-state index contributed by atoms with van der Waals surface area (Å²) < 4.78 is 31.1. The number of carbonyl (C=O) groups is 1. The van der Waals surface area contributed by atoms with Crippen molar-refractivity contribution < 1.29 is 17.9 Å². The summed E-state index contributed by atoms with van der Waals surface area (Å²) in [4.78, 5) is 14.7. The molecule has 3 aromatic rings. The molecule has 4 rings (SSSR count). The fourth-order valence-corrected chi connectivity index (χ4v) is 4.93. The van der Waals surface area contributed by atoms with E-state index >= 15 is 0 Å². The number of nitrogens with zero attached hydrogens (tertiary/aromatic N) is 3. The Kier molecular flexibility index (Phi) is 6.28. The van der Waals surface area contributed by atoms with Gasteiger partial charge >= 0.3 is 0 Å². The molecule has 32 heavy (non-hydrogen) atoms. The molecular weight excluding hydrogens is 450 g/mol. The van der Waals surface area contributed by atoms with Gasteiger partial charge in [-0.1, -0.05) is 17.4 Å². The summed E-state index contributed by atoms with van der Waals surface area (Å²) >= 11 is 1.24. The standard InChI is InChI=1S/C21H23N5O4S2/c1-30-15-10-8-14(9-11-15)22-20(27)21-24-23-19(31-21)13-26-12-4-5-16-17(25-32(2,28)29)6-3-7-18(16)26/h3,6-11,25H,4-5,12-13H2,1-2H3,(H,22,27). The minimum atomic E-state index is -3.36. The number of hydrogen-bond acceptors (Lipinski definition) is 8. The van der Waals surface area contributed by atoms with E-state index in [2.05, 4.69) is 25.1 Å². The van der Waals surface area contributed by atoms with Crippen LogP contribution in [0.15, 0.2) is 42.5 Å². The van der Waals surface area contributed by atoms with Crippen molar-refractivity contribution in [2.24, 2.45) is 0 Å². The summed E-state index contributed by atoms with van der Waals surface area (Å²) in [5.74, 6) is 0.385. The van der Waals surface area contributed by atoms with E-state index in [9.17, 15) is 13.2 Å². The fourth-order valence-electron chi connectivity index (χ4n) is 3.59. The van der Waals surface area contributed by atoms with Crippen molar-refractivity contribution >= 4 is 44.3 Å². The molecule has 0 atom stereocenters. The van der Waals surface area contributed by atoms with Crippen LogP contribution in [0, 0.1) is 0 Å². The van der Waals surface area contributed by atoms with Gasteiger partial charge in [-0.3, -0.25) is 9.52 Å². The smallest absolute Gasteiger partial charge is 0.286 e. The number of rotatable bonds is 7. The van der Waals surface area contributed by atoms with E-state index in [-0.39, 0.29) is 10.9 Å². The van der Waals surface area contributed by atoms with Crippen LogP contribution in [0.25, 0.3) is 0 Å². The minimum absolute atomic E-state index is 0.278. The quantitative estimate of drug-likeness (QED) is 0.542. The molecule has 0 unspecified atom stereocenters. The highest BCUT2D eigenvalue weighted by Crippen LogP contribution is 2.34. The Morgan fingerprint density at radius 2 is 1.97 bits per heavy atom. The zero-order valence-corrected chi connectivity index (χ0v) is 19.3. The largest absolute Gasteiger partial charge is 0.497 e. The monoisotopic (exact) mass is 473 g/mol. The summed E-state index contributed by atoms with van der Waals surface area (Å²) in [5, 5.41) is 12.0. The first-order valence-corrected chi connectivity index (χ1v) is 12.7. The van der Waals surface area contributed by atoms with Crippen molar-refractivity contribution in [3.63, 3.8) is 0 Å².